The summed E-state index contributed by atoms with van der Waals surface area (Å²) in [6.07, 6.45) is 1.65. The van der Waals surface area contributed by atoms with Crippen molar-refractivity contribution in [2.75, 3.05) is 16.8 Å². The topological polar surface area (TPSA) is 69.7 Å². The van der Waals surface area contributed by atoms with Gasteiger partial charge in [0, 0.05) is 17.3 Å². The van der Waals surface area contributed by atoms with Crippen LogP contribution in [0, 0.1) is 17.7 Å². The van der Waals surface area contributed by atoms with E-state index in [0.717, 1.165) is 23.3 Å². The van der Waals surface area contributed by atoms with Crippen LogP contribution in [0.4, 0.5) is 15.8 Å². The molecule has 29 heavy (non-hydrogen) atoms. The quantitative estimate of drug-likeness (QED) is 0.757. The summed E-state index contributed by atoms with van der Waals surface area (Å²) in [6.45, 7) is 0.677. The first-order valence-electron chi connectivity index (χ1n) is 9.86. The van der Waals surface area contributed by atoms with Crippen LogP contribution in [0.2, 0.25) is 0 Å². The highest BCUT2D eigenvalue weighted by molar-refractivity contribution is 6.25. The van der Waals surface area contributed by atoms with Crippen molar-refractivity contribution in [1.29, 1.82) is 0 Å². The average molecular weight is 391 g/mol. The Morgan fingerprint density at radius 3 is 2.55 bits per heavy atom. The molecule has 1 spiro atoms. The van der Waals surface area contributed by atoms with Gasteiger partial charge in [-0.25, -0.2) is 9.29 Å². The van der Waals surface area contributed by atoms with Crippen LogP contribution in [-0.2, 0) is 19.9 Å². The number of nitrogens with zero attached hydrogens (tertiary/aromatic N) is 2. The van der Waals surface area contributed by atoms with Crippen LogP contribution in [0.25, 0.3) is 0 Å². The molecule has 3 saturated heterocycles. The van der Waals surface area contributed by atoms with E-state index in [-0.39, 0.29) is 23.8 Å². The number of imide groups is 1. The van der Waals surface area contributed by atoms with E-state index in [9.17, 15) is 18.8 Å². The first-order valence-corrected chi connectivity index (χ1v) is 9.86. The van der Waals surface area contributed by atoms with Crippen LogP contribution < -0.4 is 10.2 Å². The maximum Gasteiger partial charge on any atom is 0.250 e. The van der Waals surface area contributed by atoms with E-state index in [2.05, 4.69) is 10.2 Å². The number of benzene rings is 2. The second-order valence-electron chi connectivity index (χ2n) is 8.16. The predicted molar refractivity (Wildman–Crippen MR) is 102 cm³/mol. The van der Waals surface area contributed by atoms with E-state index in [1.807, 2.05) is 24.3 Å². The van der Waals surface area contributed by atoms with Crippen LogP contribution in [-0.4, -0.2) is 35.2 Å². The van der Waals surface area contributed by atoms with Crippen molar-refractivity contribution in [2.45, 2.75) is 24.4 Å². The number of fused-ring (bicyclic) bond motifs is 7. The number of carbonyl (C=O) groups is 3. The molecule has 1 N–H and O–H groups in total. The number of nitrogens with one attached hydrogen (secondary N) is 1. The first kappa shape index (κ1) is 16.9. The monoisotopic (exact) mass is 391 g/mol. The second-order valence-corrected chi connectivity index (χ2v) is 8.16. The Balaban J connectivity index is 1.55. The minimum atomic E-state index is -1.16. The average Bonchev–Trinajstić information content (AvgIpc) is 3.41. The Labute approximate surface area is 166 Å². The van der Waals surface area contributed by atoms with Gasteiger partial charge in [0.15, 0.2) is 0 Å². The molecule has 4 atom stereocenters. The Hall–Kier alpha value is -3.06. The molecule has 2 aromatic rings. The van der Waals surface area contributed by atoms with Gasteiger partial charge in [0.25, 0.3) is 0 Å². The molecule has 3 fully saturated rings. The highest BCUT2D eigenvalue weighted by Crippen LogP contribution is 2.60. The van der Waals surface area contributed by atoms with Gasteiger partial charge in [-0.15, -0.1) is 0 Å². The third-order valence-corrected chi connectivity index (χ3v) is 6.98. The van der Waals surface area contributed by atoms with Gasteiger partial charge in [0.1, 0.15) is 11.4 Å². The summed E-state index contributed by atoms with van der Waals surface area (Å²) in [5, 5.41) is 2.94. The third kappa shape index (κ3) is 1.86. The van der Waals surface area contributed by atoms with Gasteiger partial charge in [0.2, 0.25) is 17.7 Å². The van der Waals surface area contributed by atoms with Gasteiger partial charge in [-0.1, -0.05) is 18.2 Å². The third-order valence-electron chi connectivity index (χ3n) is 6.98. The highest BCUT2D eigenvalue weighted by Gasteiger charge is 2.74. The van der Waals surface area contributed by atoms with E-state index in [4.69, 9.17) is 0 Å². The predicted octanol–water partition coefficient (Wildman–Crippen LogP) is 2.26. The molecule has 4 aliphatic heterocycles. The van der Waals surface area contributed by atoms with E-state index < -0.39 is 23.2 Å². The van der Waals surface area contributed by atoms with Crippen molar-refractivity contribution < 1.29 is 18.8 Å². The van der Waals surface area contributed by atoms with Crippen LogP contribution in [0.3, 0.4) is 0 Å². The maximum atomic E-state index is 13.6. The summed E-state index contributed by atoms with van der Waals surface area (Å²) in [6, 6.07) is 12.6. The number of amides is 3. The van der Waals surface area contributed by atoms with Crippen molar-refractivity contribution in [1.82, 2.24) is 4.90 Å². The van der Waals surface area contributed by atoms with Gasteiger partial charge in [0.05, 0.1) is 17.5 Å². The lowest BCUT2D eigenvalue weighted by atomic mass is 9.75. The molecule has 146 valence electrons. The highest BCUT2D eigenvalue weighted by atomic mass is 19.1. The molecule has 0 saturated carbocycles. The summed E-state index contributed by atoms with van der Waals surface area (Å²) in [5.74, 6) is -2.71. The molecule has 2 aromatic carbocycles. The Morgan fingerprint density at radius 1 is 1.00 bits per heavy atom. The minimum Gasteiger partial charge on any atom is -0.324 e. The molecule has 6 nitrogen and oxygen atoms in total. The van der Waals surface area contributed by atoms with Gasteiger partial charge < -0.3 is 5.32 Å². The smallest absolute Gasteiger partial charge is 0.250 e. The molecule has 0 aliphatic carbocycles. The number of para-hydroxylation sites is 1. The maximum absolute atomic E-state index is 13.6. The fourth-order valence-corrected chi connectivity index (χ4v) is 6.00. The standard InChI is InChI=1S/C22H18FN3O3/c23-12-7-9-13(10-8-12)26-19(27)17-16-6-3-11-25(16)22(18(17)20(26)28)14-4-1-2-5-15(14)24-21(22)29/h1-2,4-5,7-10,16-18H,3,6,11H2,(H,24,29)/t16-,17+,18-,22-/m0/s1. The van der Waals surface area contributed by atoms with E-state index in [0.29, 0.717) is 17.9 Å². The molecule has 0 radical (unpaired) electrons. The lowest BCUT2D eigenvalue weighted by Gasteiger charge is -2.36. The van der Waals surface area contributed by atoms with Gasteiger partial charge in [-0.05, 0) is 49.7 Å². The van der Waals surface area contributed by atoms with Crippen LogP contribution in [0.1, 0.15) is 18.4 Å². The summed E-state index contributed by atoms with van der Waals surface area (Å²) in [7, 11) is 0. The van der Waals surface area contributed by atoms with Crippen molar-refractivity contribution >= 4 is 29.1 Å². The molecule has 6 rings (SSSR count). The lowest BCUT2D eigenvalue weighted by molar-refractivity contribution is -0.135. The number of hydrogen-bond donors (Lipinski definition) is 1. The largest absolute Gasteiger partial charge is 0.324 e. The van der Waals surface area contributed by atoms with E-state index >= 15 is 0 Å². The van der Waals surface area contributed by atoms with Gasteiger partial charge in [-0.3, -0.25) is 19.3 Å². The molecule has 0 unspecified atom stereocenters. The zero-order valence-corrected chi connectivity index (χ0v) is 15.5. The van der Waals surface area contributed by atoms with Crippen molar-refractivity contribution in [3.05, 3.63) is 59.9 Å². The molecular weight excluding hydrogens is 373 g/mol. The fourth-order valence-electron chi connectivity index (χ4n) is 6.00. The summed E-state index contributed by atoms with van der Waals surface area (Å²) >= 11 is 0. The Morgan fingerprint density at radius 2 is 1.76 bits per heavy atom. The molecular formula is C22H18FN3O3. The molecule has 4 heterocycles. The number of rotatable bonds is 1. The molecule has 3 amide bonds. The van der Waals surface area contributed by atoms with Crippen molar-refractivity contribution in [3.63, 3.8) is 0 Å². The molecule has 0 bridgehead atoms. The van der Waals surface area contributed by atoms with Crippen molar-refractivity contribution in [3.8, 4) is 0 Å². The zero-order valence-electron chi connectivity index (χ0n) is 15.5. The number of carbonyl (C=O) groups excluding carboxylic acids is 3. The number of hydrogen-bond acceptors (Lipinski definition) is 4. The molecule has 4 aliphatic rings. The zero-order chi connectivity index (χ0) is 19.9. The molecule has 7 heteroatoms. The summed E-state index contributed by atoms with van der Waals surface area (Å²) in [4.78, 5) is 43.7. The second kappa shape index (κ2) is 5.51. The van der Waals surface area contributed by atoms with E-state index in [1.165, 1.54) is 24.3 Å². The number of anilines is 2. The van der Waals surface area contributed by atoms with Gasteiger partial charge in [-0.2, -0.15) is 0 Å². The van der Waals surface area contributed by atoms with Crippen LogP contribution in [0.5, 0.6) is 0 Å². The van der Waals surface area contributed by atoms with Crippen LogP contribution >= 0.6 is 0 Å². The fraction of sp³-hybridized carbons (Fsp3) is 0.318. The van der Waals surface area contributed by atoms with Crippen molar-refractivity contribution in [2.24, 2.45) is 11.8 Å². The Kier molecular flexibility index (Phi) is 3.20. The summed E-state index contributed by atoms with van der Waals surface area (Å²) < 4.78 is 13.4. The summed E-state index contributed by atoms with van der Waals surface area (Å²) in [5.41, 5.74) is 0.655. The Bertz CT molecular complexity index is 1080. The number of halogens is 1. The minimum absolute atomic E-state index is 0.154. The van der Waals surface area contributed by atoms with Gasteiger partial charge >= 0.3 is 0 Å². The van der Waals surface area contributed by atoms with Crippen LogP contribution in [0.15, 0.2) is 48.5 Å². The van der Waals surface area contributed by atoms with E-state index in [1.54, 1.807) is 0 Å². The first-order chi connectivity index (χ1) is 14.0. The lowest BCUT2D eigenvalue weighted by Crippen LogP contribution is -2.54. The normalized spacial score (nSPS) is 32.7. The SMILES string of the molecule is O=C1[C@H]2[C@@H](C(=O)N1c1ccc(F)cc1)[C@@]1(C(=O)Nc3ccccc31)N1CCC[C@@H]21. The molecule has 0 aromatic heterocycles.